The Hall–Kier alpha value is -2.27. The number of rotatable bonds is 3. The molecule has 1 aromatic heterocycles. The first-order valence-corrected chi connectivity index (χ1v) is 5.46. The SMILES string of the molecule is OC=c1ccc(Cn2cncc2CO)cc1=CO. The molecule has 3 N–H and O–H groups in total. The summed E-state index contributed by atoms with van der Waals surface area (Å²) < 4.78 is 1.82. The van der Waals surface area contributed by atoms with Crippen molar-refractivity contribution >= 4 is 12.5 Å². The van der Waals surface area contributed by atoms with Gasteiger partial charge in [-0.3, -0.25) is 0 Å². The van der Waals surface area contributed by atoms with Gasteiger partial charge in [0.25, 0.3) is 0 Å². The summed E-state index contributed by atoms with van der Waals surface area (Å²) >= 11 is 0. The summed E-state index contributed by atoms with van der Waals surface area (Å²) in [5, 5.41) is 28.3. The zero-order valence-electron chi connectivity index (χ0n) is 9.69. The molecule has 0 aliphatic carbocycles. The quantitative estimate of drug-likeness (QED) is 0.713. The van der Waals surface area contributed by atoms with Crippen LogP contribution >= 0.6 is 0 Å². The molecule has 0 radical (unpaired) electrons. The summed E-state index contributed by atoms with van der Waals surface area (Å²) in [6.45, 7) is 0.476. The second-order valence-corrected chi connectivity index (χ2v) is 3.89. The molecule has 94 valence electrons. The van der Waals surface area contributed by atoms with E-state index in [0.29, 0.717) is 17.0 Å². The molecule has 0 aliphatic heterocycles. The highest BCUT2D eigenvalue weighted by Crippen LogP contribution is 2.03. The van der Waals surface area contributed by atoms with Crippen molar-refractivity contribution in [2.45, 2.75) is 13.2 Å². The molecule has 0 atom stereocenters. The third kappa shape index (κ3) is 2.36. The minimum Gasteiger partial charge on any atom is -0.515 e. The minimum absolute atomic E-state index is 0.0680. The molecule has 0 saturated heterocycles. The fourth-order valence-corrected chi connectivity index (χ4v) is 1.77. The van der Waals surface area contributed by atoms with E-state index in [1.807, 2.05) is 10.6 Å². The number of nitrogens with zero attached hydrogens (tertiary/aromatic N) is 2. The Kier molecular flexibility index (Phi) is 3.64. The Morgan fingerprint density at radius 2 is 1.94 bits per heavy atom. The number of aliphatic hydroxyl groups is 3. The zero-order valence-corrected chi connectivity index (χ0v) is 9.69. The van der Waals surface area contributed by atoms with Crippen LogP contribution in [-0.4, -0.2) is 24.9 Å². The van der Waals surface area contributed by atoms with Gasteiger partial charge in [0.1, 0.15) is 0 Å². The number of hydrogen-bond donors (Lipinski definition) is 3. The maximum atomic E-state index is 9.12. The first-order chi connectivity index (χ1) is 8.78. The van der Waals surface area contributed by atoms with Crippen LogP contribution in [0.1, 0.15) is 11.3 Å². The standard InChI is InChI=1S/C13H14N2O3/c16-6-11-2-1-10(3-12(11)7-17)5-15-9-14-4-13(15)8-18/h1-4,6-7,9,16-18H,5,8H2. The van der Waals surface area contributed by atoms with E-state index < -0.39 is 0 Å². The molecule has 2 rings (SSSR count). The third-order valence-corrected chi connectivity index (χ3v) is 2.74. The lowest BCUT2D eigenvalue weighted by molar-refractivity contribution is 0.271. The normalized spacial score (nSPS) is 13.2. The van der Waals surface area contributed by atoms with E-state index in [2.05, 4.69) is 4.98 Å². The molecule has 0 unspecified atom stereocenters. The van der Waals surface area contributed by atoms with Gasteiger partial charge in [-0.15, -0.1) is 0 Å². The van der Waals surface area contributed by atoms with Crippen molar-refractivity contribution in [3.63, 3.8) is 0 Å². The Morgan fingerprint density at radius 1 is 1.17 bits per heavy atom. The van der Waals surface area contributed by atoms with Crippen molar-refractivity contribution in [2.75, 3.05) is 0 Å². The van der Waals surface area contributed by atoms with Crippen LogP contribution in [0.3, 0.4) is 0 Å². The van der Waals surface area contributed by atoms with Gasteiger partial charge in [-0.25, -0.2) is 4.98 Å². The molecular weight excluding hydrogens is 232 g/mol. The molecule has 1 heterocycles. The number of hydrogen-bond acceptors (Lipinski definition) is 4. The van der Waals surface area contributed by atoms with Gasteiger partial charge < -0.3 is 19.9 Å². The number of benzene rings is 1. The first kappa shape index (κ1) is 12.2. The Balaban J connectivity index is 2.37. The van der Waals surface area contributed by atoms with Crippen LogP contribution in [0, 0.1) is 0 Å². The summed E-state index contributed by atoms with van der Waals surface area (Å²) in [6.07, 6.45) is 5.14. The highest BCUT2D eigenvalue weighted by atomic mass is 16.3. The summed E-state index contributed by atoms with van der Waals surface area (Å²) in [4.78, 5) is 3.97. The molecule has 18 heavy (non-hydrogen) atoms. The number of aliphatic hydroxyl groups excluding tert-OH is 3. The fourth-order valence-electron chi connectivity index (χ4n) is 1.77. The maximum Gasteiger partial charge on any atom is 0.0952 e. The van der Waals surface area contributed by atoms with E-state index in [0.717, 1.165) is 23.8 Å². The van der Waals surface area contributed by atoms with E-state index in [-0.39, 0.29) is 6.61 Å². The van der Waals surface area contributed by atoms with E-state index in [1.54, 1.807) is 24.7 Å². The van der Waals surface area contributed by atoms with Gasteiger partial charge >= 0.3 is 0 Å². The molecule has 5 heteroatoms. The lowest BCUT2D eigenvalue weighted by Gasteiger charge is -2.06. The lowest BCUT2D eigenvalue weighted by atomic mass is 10.1. The Morgan fingerprint density at radius 3 is 2.61 bits per heavy atom. The van der Waals surface area contributed by atoms with E-state index >= 15 is 0 Å². The summed E-state index contributed by atoms with van der Waals surface area (Å²) in [7, 11) is 0. The van der Waals surface area contributed by atoms with Crippen LogP contribution in [0.25, 0.3) is 12.5 Å². The van der Waals surface area contributed by atoms with Crippen LogP contribution < -0.4 is 10.4 Å². The molecule has 0 aliphatic rings. The average molecular weight is 246 g/mol. The second-order valence-electron chi connectivity index (χ2n) is 3.89. The summed E-state index contributed by atoms with van der Waals surface area (Å²) in [5.74, 6) is 0. The molecule has 0 bridgehead atoms. The van der Waals surface area contributed by atoms with Gasteiger partial charge in [-0.1, -0.05) is 12.1 Å². The third-order valence-electron chi connectivity index (χ3n) is 2.74. The smallest absolute Gasteiger partial charge is 0.0952 e. The minimum atomic E-state index is -0.0680. The molecule has 0 fully saturated rings. The largest absolute Gasteiger partial charge is 0.515 e. The molecule has 1 aromatic carbocycles. The molecule has 0 saturated carbocycles. The van der Waals surface area contributed by atoms with Crippen LogP contribution in [0.15, 0.2) is 30.7 Å². The van der Waals surface area contributed by atoms with Gasteiger partial charge in [-0.05, 0) is 11.6 Å². The van der Waals surface area contributed by atoms with Crippen LogP contribution in [0.4, 0.5) is 0 Å². The highest BCUT2D eigenvalue weighted by molar-refractivity contribution is 5.28. The van der Waals surface area contributed by atoms with Gasteiger partial charge in [0.15, 0.2) is 0 Å². The topological polar surface area (TPSA) is 78.5 Å². The van der Waals surface area contributed by atoms with Crippen molar-refractivity contribution < 1.29 is 15.3 Å². The molecule has 5 nitrogen and oxygen atoms in total. The number of imidazole rings is 1. The molecule has 0 spiro atoms. The lowest BCUT2D eigenvalue weighted by Crippen LogP contribution is -2.25. The van der Waals surface area contributed by atoms with Crippen molar-refractivity contribution in [1.29, 1.82) is 0 Å². The average Bonchev–Trinajstić information content (AvgIpc) is 2.85. The molecular formula is C13H14N2O3. The van der Waals surface area contributed by atoms with Gasteiger partial charge in [0.2, 0.25) is 0 Å². The van der Waals surface area contributed by atoms with Gasteiger partial charge in [-0.2, -0.15) is 0 Å². The monoisotopic (exact) mass is 246 g/mol. The predicted octanol–water partition coefficient (Wildman–Crippen LogP) is 0.0157. The van der Waals surface area contributed by atoms with Gasteiger partial charge in [0.05, 0.1) is 37.3 Å². The number of aromatic nitrogens is 2. The molecule has 0 amide bonds. The van der Waals surface area contributed by atoms with Crippen LogP contribution in [0.2, 0.25) is 0 Å². The summed E-state index contributed by atoms with van der Waals surface area (Å²) in [5.41, 5.74) is 1.66. The Bertz CT molecular complexity index is 646. The summed E-state index contributed by atoms with van der Waals surface area (Å²) in [6, 6.07) is 5.33. The second kappa shape index (κ2) is 5.37. The maximum absolute atomic E-state index is 9.12. The van der Waals surface area contributed by atoms with E-state index in [4.69, 9.17) is 15.3 Å². The van der Waals surface area contributed by atoms with E-state index in [1.165, 1.54) is 0 Å². The van der Waals surface area contributed by atoms with Gasteiger partial charge in [0, 0.05) is 17.0 Å². The molecule has 2 aromatic rings. The Labute approximate surface area is 104 Å². The van der Waals surface area contributed by atoms with Crippen molar-refractivity contribution in [2.24, 2.45) is 0 Å². The van der Waals surface area contributed by atoms with Crippen molar-refractivity contribution in [3.05, 3.63) is 52.4 Å². The van der Waals surface area contributed by atoms with Crippen molar-refractivity contribution in [3.8, 4) is 0 Å². The van der Waals surface area contributed by atoms with Crippen LogP contribution in [-0.2, 0) is 13.2 Å². The van der Waals surface area contributed by atoms with Crippen LogP contribution in [0.5, 0.6) is 0 Å². The zero-order chi connectivity index (χ0) is 13.0. The fraction of sp³-hybridized carbons (Fsp3) is 0.154. The van der Waals surface area contributed by atoms with Crippen molar-refractivity contribution in [1.82, 2.24) is 9.55 Å². The van der Waals surface area contributed by atoms with E-state index in [9.17, 15) is 0 Å². The highest BCUT2D eigenvalue weighted by Gasteiger charge is 2.01. The first-order valence-electron chi connectivity index (χ1n) is 5.46. The predicted molar refractivity (Wildman–Crippen MR) is 67.1 cm³/mol.